The minimum absolute atomic E-state index is 0.0502. The Labute approximate surface area is 180 Å². The monoisotopic (exact) mass is 420 g/mol. The molecule has 1 aromatic heterocycles. The van der Waals surface area contributed by atoms with Gasteiger partial charge in [0.15, 0.2) is 0 Å². The van der Waals surface area contributed by atoms with Crippen LogP contribution in [0.5, 0.6) is 0 Å². The van der Waals surface area contributed by atoms with Gasteiger partial charge in [0.25, 0.3) is 0 Å². The summed E-state index contributed by atoms with van der Waals surface area (Å²) in [6, 6.07) is 10.4. The second-order valence-electron chi connectivity index (χ2n) is 8.45. The van der Waals surface area contributed by atoms with Crippen LogP contribution in [0.4, 0.5) is 5.00 Å². The van der Waals surface area contributed by atoms with Crippen LogP contribution in [-0.4, -0.2) is 17.0 Å². The molecule has 0 spiro atoms. The highest BCUT2D eigenvalue weighted by Gasteiger charge is 2.51. The SMILES string of the molecule is Cc1sc(NC(=O)C2C3C=CC(C3)C2C(=O)O)c(C#N)c1-c1ccc(C(C)C)cc1. The van der Waals surface area contributed by atoms with E-state index in [1.165, 1.54) is 16.9 Å². The first-order valence-corrected chi connectivity index (χ1v) is 11.0. The fourth-order valence-corrected chi connectivity index (χ4v) is 5.86. The molecule has 1 saturated carbocycles. The number of hydrogen-bond donors (Lipinski definition) is 2. The summed E-state index contributed by atoms with van der Waals surface area (Å²) in [5.74, 6) is -2.25. The minimum atomic E-state index is -0.930. The molecule has 5 nitrogen and oxygen atoms in total. The van der Waals surface area contributed by atoms with Gasteiger partial charge in [-0.15, -0.1) is 11.3 Å². The number of benzene rings is 1. The lowest BCUT2D eigenvalue weighted by molar-refractivity contribution is -0.146. The van der Waals surface area contributed by atoms with Crippen LogP contribution in [-0.2, 0) is 9.59 Å². The number of allylic oxidation sites excluding steroid dienone is 2. The number of carboxylic acids is 1. The van der Waals surface area contributed by atoms with Crippen molar-refractivity contribution in [3.05, 3.63) is 52.4 Å². The largest absolute Gasteiger partial charge is 0.481 e. The van der Waals surface area contributed by atoms with Crippen LogP contribution in [0.2, 0.25) is 0 Å². The number of nitrogens with one attached hydrogen (secondary N) is 1. The van der Waals surface area contributed by atoms with Crippen LogP contribution in [0.25, 0.3) is 11.1 Å². The van der Waals surface area contributed by atoms with Gasteiger partial charge in [-0.05, 0) is 42.2 Å². The molecule has 6 heteroatoms. The molecule has 2 aromatic rings. The van der Waals surface area contributed by atoms with Gasteiger partial charge in [-0.1, -0.05) is 50.3 Å². The van der Waals surface area contributed by atoms with Crippen molar-refractivity contribution < 1.29 is 14.7 Å². The van der Waals surface area contributed by atoms with E-state index in [-0.39, 0.29) is 17.7 Å². The van der Waals surface area contributed by atoms with Gasteiger partial charge in [0.1, 0.15) is 11.1 Å². The van der Waals surface area contributed by atoms with Crippen LogP contribution in [0, 0.1) is 41.9 Å². The fraction of sp³-hybridized carbons (Fsp3) is 0.375. The maximum atomic E-state index is 13.1. The standard InChI is InChI=1S/C24H24N2O3S/c1-12(2)14-4-6-15(7-5-14)19-13(3)30-23(18(19)11-25)26-22(27)20-16-8-9-17(10-16)21(20)24(28)29/h4-9,12,16-17,20-21H,10H2,1-3H3,(H,26,27)(H,28,29). The van der Waals surface area contributed by atoms with Crippen LogP contribution in [0.15, 0.2) is 36.4 Å². The van der Waals surface area contributed by atoms with E-state index >= 15 is 0 Å². The third-order valence-electron chi connectivity index (χ3n) is 6.35. The quantitative estimate of drug-likeness (QED) is 0.652. The molecule has 2 bridgehead atoms. The Balaban J connectivity index is 1.64. The van der Waals surface area contributed by atoms with Crippen molar-refractivity contribution in [3.63, 3.8) is 0 Å². The number of anilines is 1. The molecule has 154 valence electrons. The van der Waals surface area contributed by atoms with Gasteiger partial charge in [0.05, 0.1) is 17.4 Å². The van der Waals surface area contributed by atoms with E-state index < -0.39 is 17.8 Å². The van der Waals surface area contributed by atoms with Crippen LogP contribution >= 0.6 is 11.3 Å². The third kappa shape index (κ3) is 3.33. The van der Waals surface area contributed by atoms with Crippen LogP contribution < -0.4 is 5.32 Å². The van der Waals surface area contributed by atoms with E-state index in [0.29, 0.717) is 22.9 Å². The normalized spacial score (nSPS) is 24.2. The molecule has 2 N–H and O–H groups in total. The number of amides is 1. The second kappa shape index (κ2) is 7.73. The first-order valence-electron chi connectivity index (χ1n) is 10.2. The van der Waals surface area contributed by atoms with Gasteiger partial charge in [-0.25, -0.2) is 0 Å². The molecular formula is C24H24N2O3S. The number of thiophene rings is 1. The number of aryl methyl sites for hydroxylation is 1. The van der Waals surface area contributed by atoms with Crippen molar-refractivity contribution in [1.82, 2.24) is 0 Å². The highest BCUT2D eigenvalue weighted by Crippen LogP contribution is 2.49. The smallest absolute Gasteiger partial charge is 0.307 e. The molecule has 0 radical (unpaired) electrons. The number of carboxylic acid groups (broad SMARTS) is 1. The predicted octanol–water partition coefficient (Wildman–Crippen LogP) is 5.18. The highest BCUT2D eigenvalue weighted by molar-refractivity contribution is 7.17. The topological polar surface area (TPSA) is 90.2 Å². The van der Waals surface area contributed by atoms with E-state index in [1.807, 2.05) is 31.2 Å². The van der Waals surface area contributed by atoms with E-state index in [0.717, 1.165) is 16.0 Å². The summed E-state index contributed by atoms with van der Waals surface area (Å²) in [5.41, 5.74) is 3.43. The van der Waals surface area contributed by atoms with Crippen molar-refractivity contribution in [2.75, 3.05) is 5.32 Å². The zero-order valence-corrected chi connectivity index (χ0v) is 18.0. The summed E-state index contributed by atoms with van der Waals surface area (Å²) in [7, 11) is 0. The zero-order chi connectivity index (χ0) is 21.6. The Morgan fingerprint density at radius 1 is 1.17 bits per heavy atom. The maximum absolute atomic E-state index is 13.1. The summed E-state index contributed by atoms with van der Waals surface area (Å²) in [4.78, 5) is 25.7. The van der Waals surface area contributed by atoms with Gasteiger partial charge in [0.2, 0.25) is 5.91 Å². The van der Waals surface area contributed by atoms with Crippen molar-refractivity contribution in [2.45, 2.75) is 33.1 Å². The van der Waals surface area contributed by atoms with Crippen molar-refractivity contribution >= 4 is 28.2 Å². The predicted molar refractivity (Wildman–Crippen MR) is 117 cm³/mol. The first kappa shape index (κ1) is 20.4. The second-order valence-corrected chi connectivity index (χ2v) is 9.68. The number of fused-ring (bicyclic) bond motifs is 2. The van der Waals surface area contributed by atoms with Gasteiger partial charge in [0, 0.05) is 10.4 Å². The van der Waals surface area contributed by atoms with E-state index in [4.69, 9.17) is 0 Å². The summed E-state index contributed by atoms with van der Waals surface area (Å²) < 4.78 is 0. The molecule has 1 heterocycles. The van der Waals surface area contributed by atoms with Crippen LogP contribution in [0.3, 0.4) is 0 Å². The van der Waals surface area contributed by atoms with Gasteiger partial charge >= 0.3 is 5.97 Å². The molecule has 4 rings (SSSR count). The summed E-state index contributed by atoms with van der Waals surface area (Å²) in [5, 5.41) is 22.8. The van der Waals surface area contributed by atoms with Crippen LogP contribution in [0.1, 0.15) is 42.2 Å². The van der Waals surface area contributed by atoms with Gasteiger partial charge in [-0.2, -0.15) is 5.26 Å². The molecule has 0 aliphatic heterocycles. The summed E-state index contributed by atoms with van der Waals surface area (Å²) in [6.45, 7) is 6.20. The fourth-order valence-electron chi connectivity index (χ4n) is 4.83. The lowest BCUT2D eigenvalue weighted by Crippen LogP contribution is -2.36. The molecule has 1 aromatic carbocycles. The molecular weight excluding hydrogens is 396 g/mol. The van der Waals surface area contributed by atoms with Crippen molar-refractivity contribution in [1.29, 1.82) is 5.26 Å². The lowest BCUT2D eigenvalue weighted by atomic mass is 9.82. The van der Waals surface area contributed by atoms with Crippen molar-refractivity contribution in [2.24, 2.45) is 23.7 Å². The minimum Gasteiger partial charge on any atom is -0.481 e. The molecule has 30 heavy (non-hydrogen) atoms. The Hall–Kier alpha value is -2.91. The molecule has 2 aliphatic rings. The Morgan fingerprint density at radius 2 is 1.80 bits per heavy atom. The lowest BCUT2D eigenvalue weighted by Gasteiger charge is -2.23. The molecule has 1 amide bonds. The van der Waals surface area contributed by atoms with E-state index in [2.05, 4.69) is 37.4 Å². The van der Waals surface area contributed by atoms with Gasteiger partial charge in [-0.3, -0.25) is 9.59 Å². The number of aliphatic carboxylic acids is 1. The highest BCUT2D eigenvalue weighted by atomic mass is 32.1. The average Bonchev–Trinajstić information content (AvgIpc) is 3.40. The van der Waals surface area contributed by atoms with Crippen molar-refractivity contribution in [3.8, 4) is 17.2 Å². The molecule has 2 aliphatic carbocycles. The zero-order valence-electron chi connectivity index (χ0n) is 17.2. The molecule has 1 fully saturated rings. The molecule has 4 atom stereocenters. The summed E-state index contributed by atoms with van der Waals surface area (Å²) >= 11 is 1.37. The number of nitrogens with zero attached hydrogens (tertiary/aromatic N) is 1. The number of nitriles is 1. The number of carbonyl (C=O) groups excluding carboxylic acids is 1. The Kier molecular flexibility index (Phi) is 5.25. The first-order chi connectivity index (χ1) is 14.3. The van der Waals surface area contributed by atoms with E-state index in [9.17, 15) is 20.0 Å². The third-order valence-corrected chi connectivity index (χ3v) is 7.37. The maximum Gasteiger partial charge on any atom is 0.307 e. The molecule has 0 saturated heterocycles. The Morgan fingerprint density at radius 3 is 2.37 bits per heavy atom. The summed E-state index contributed by atoms with van der Waals surface area (Å²) in [6.07, 6.45) is 4.58. The van der Waals surface area contributed by atoms with E-state index in [1.54, 1.807) is 0 Å². The molecule has 4 unspecified atom stereocenters. The number of hydrogen-bond acceptors (Lipinski definition) is 4. The average molecular weight is 421 g/mol. The van der Waals surface area contributed by atoms with Gasteiger partial charge < -0.3 is 10.4 Å². The number of rotatable bonds is 5. The Bertz CT molecular complexity index is 1080. The number of carbonyl (C=O) groups is 2.